The second-order valence-electron chi connectivity index (χ2n) is 4.33. The summed E-state index contributed by atoms with van der Waals surface area (Å²) in [6, 6.07) is 7.46. The number of carbonyl (C=O) groups excluding carboxylic acids is 1. The van der Waals surface area contributed by atoms with Gasteiger partial charge < -0.3 is 14.8 Å². The number of para-hydroxylation sites is 2. The summed E-state index contributed by atoms with van der Waals surface area (Å²) in [6.45, 7) is 0.819. The maximum Gasteiger partial charge on any atom is 0.244 e. The maximum atomic E-state index is 11.6. The number of amides is 1. The van der Waals surface area contributed by atoms with Crippen molar-refractivity contribution in [2.24, 2.45) is 0 Å². The van der Waals surface area contributed by atoms with E-state index >= 15 is 0 Å². The number of hydrogen-bond acceptors (Lipinski definition) is 5. The number of nitrogens with one attached hydrogen (secondary N) is 1. The molecule has 1 aromatic carbocycles. The lowest BCUT2D eigenvalue weighted by Gasteiger charge is -2.01. The van der Waals surface area contributed by atoms with Gasteiger partial charge in [-0.3, -0.25) is 4.79 Å². The third-order valence-electron chi connectivity index (χ3n) is 2.68. The van der Waals surface area contributed by atoms with Crippen LogP contribution in [0.4, 0.5) is 0 Å². The van der Waals surface area contributed by atoms with Gasteiger partial charge in [0, 0.05) is 31.1 Å². The van der Waals surface area contributed by atoms with Gasteiger partial charge in [0.25, 0.3) is 0 Å². The molecule has 112 valence electrons. The highest BCUT2D eigenvalue weighted by atomic mass is 32.2. The number of thioether (sulfide) groups is 1. The van der Waals surface area contributed by atoms with Crippen LogP contribution in [0.15, 0.2) is 34.8 Å². The van der Waals surface area contributed by atoms with Crippen molar-refractivity contribution >= 4 is 34.8 Å². The van der Waals surface area contributed by atoms with Crippen LogP contribution >= 0.6 is 11.8 Å². The zero-order valence-electron chi connectivity index (χ0n) is 11.6. The Labute approximate surface area is 127 Å². The van der Waals surface area contributed by atoms with Gasteiger partial charge in [-0.25, -0.2) is 4.98 Å². The van der Waals surface area contributed by atoms with Gasteiger partial charge in [0.1, 0.15) is 5.52 Å². The smallest absolute Gasteiger partial charge is 0.244 e. The number of carbonyl (C=O) groups is 1. The minimum Gasteiger partial charge on any atom is -0.437 e. The summed E-state index contributed by atoms with van der Waals surface area (Å²) in [5, 5.41) is 11.4. The number of nitrogens with zero attached hydrogens (tertiary/aromatic N) is 1. The van der Waals surface area contributed by atoms with Crippen LogP contribution in [0.25, 0.3) is 17.2 Å². The van der Waals surface area contributed by atoms with E-state index in [0.29, 0.717) is 18.0 Å². The van der Waals surface area contributed by atoms with Crippen LogP contribution in [0, 0.1) is 0 Å². The molecule has 0 unspecified atom stereocenters. The predicted octanol–water partition coefficient (Wildman–Crippen LogP) is 2.07. The molecule has 2 aromatic rings. The molecule has 0 spiro atoms. The van der Waals surface area contributed by atoms with E-state index in [2.05, 4.69) is 10.3 Å². The Hall–Kier alpha value is -1.79. The fourth-order valence-corrected chi connectivity index (χ4v) is 2.47. The summed E-state index contributed by atoms with van der Waals surface area (Å²) < 4.78 is 5.48. The molecule has 21 heavy (non-hydrogen) atoms. The number of rotatable bonds is 8. The van der Waals surface area contributed by atoms with Crippen molar-refractivity contribution < 1.29 is 14.3 Å². The van der Waals surface area contributed by atoms with E-state index < -0.39 is 0 Å². The maximum absolute atomic E-state index is 11.6. The van der Waals surface area contributed by atoms with E-state index in [0.717, 1.165) is 23.4 Å². The molecule has 0 radical (unpaired) electrons. The minimum atomic E-state index is -0.167. The van der Waals surface area contributed by atoms with Gasteiger partial charge in [-0.15, -0.1) is 0 Å². The van der Waals surface area contributed by atoms with Crippen LogP contribution in [-0.4, -0.2) is 40.7 Å². The van der Waals surface area contributed by atoms with Gasteiger partial charge in [0.05, 0.1) is 0 Å². The summed E-state index contributed by atoms with van der Waals surface area (Å²) in [4.78, 5) is 15.9. The van der Waals surface area contributed by atoms with Gasteiger partial charge in [-0.1, -0.05) is 12.1 Å². The van der Waals surface area contributed by atoms with Gasteiger partial charge in [0.2, 0.25) is 11.8 Å². The highest BCUT2D eigenvalue weighted by Crippen LogP contribution is 2.15. The number of aliphatic hydroxyl groups is 1. The molecule has 0 atom stereocenters. The summed E-state index contributed by atoms with van der Waals surface area (Å²) in [6.07, 6.45) is 3.77. The largest absolute Gasteiger partial charge is 0.437 e. The third-order valence-corrected chi connectivity index (χ3v) is 3.75. The van der Waals surface area contributed by atoms with Crippen molar-refractivity contribution in [3.8, 4) is 0 Å². The molecule has 0 aliphatic rings. The summed E-state index contributed by atoms with van der Waals surface area (Å²) in [5.74, 6) is 2.00. The lowest BCUT2D eigenvalue weighted by molar-refractivity contribution is -0.116. The number of benzene rings is 1. The van der Waals surface area contributed by atoms with Crippen molar-refractivity contribution in [1.29, 1.82) is 0 Å². The average molecular weight is 306 g/mol. The van der Waals surface area contributed by atoms with E-state index in [-0.39, 0.29) is 12.5 Å². The van der Waals surface area contributed by atoms with E-state index in [1.54, 1.807) is 17.8 Å². The molecule has 6 heteroatoms. The Morgan fingerprint density at radius 2 is 2.24 bits per heavy atom. The first-order chi connectivity index (χ1) is 10.3. The van der Waals surface area contributed by atoms with Crippen LogP contribution in [0.5, 0.6) is 0 Å². The first kappa shape index (κ1) is 15.6. The first-order valence-electron chi connectivity index (χ1n) is 6.79. The molecule has 0 saturated heterocycles. The highest BCUT2D eigenvalue weighted by molar-refractivity contribution is 7.99. The van der Waals surface area contributed by atoms with E-state index in [9.17, 15) is 4.79 Å². The highest BCUT2D eigenvalue weighted by Gasteiger charge is 2.02. The van der Waals surface area contributed by atoms with Gasteiger partial charge in [-0.05, 0) is 24.3 Å². The number of oxazole rings is 1. The summed E-state index contributed by atoms with van der Waals surface area (Å²) in [5.41, 5.74) is 1.48. The number of aromatic nitrogens is 1. The molecule has 0 aliphatic carbocycles. The standard InChI is InChI=1S/C15H18N2O3S/c18-9-3-10-21-11-8-16-14(19)6-7-15-17-12-4-1-2-5-13(12)20-15/h1-2,4-7,18H,3,8-11H2,(H,16,19)/b7-6+. The van der Waals surface area contributed by atoms with E-state index in [1.165, 1.54) is 6.08 Å². The molecule has 5 nitrogen and oxygen atoms in total. The quantitative estimate of drug-likeness (QED) is 0.577. The van der Waals surface area contributed by atoms with Crippen molar-refractivity contribution in [1.82, 2.24) is 10.3 Å². The second kappa shape index (κ2) is 8.49. The first-order valence-corrected chi connectivity index (χ1v) is 7.95. The van der Waals surface area contributed by atoms with Gasteiger partial charge in [0.15, 0.2) is 5.58 Å². The minimum absolute atomic E-state index is 0.167. The number of aliphatic hydroxyl groups excluding tert-OH is 1. The Bertz CT molecular complexity index is 577. The van der Waals surface area contributed by atoms with Crippen LogP contribution in [0.2, 0.25) is 0 Å². The fraction of sp³-hybridized carbons (Fsp3) is 0.333. The Morgan fingerprint density at radius 1 is 1.38 bits per heavy atom. The summed E-state index contributed by atoms with van der Waals surface area (Å²) in [7, 11) is 0. The Kier molecular flexibility index (Phi) is 6.30. The van der Waals surface area contributed by atoms with Crippen LogP contribution in [0.1, 0.15) is 12.3 Å². The third kappa shape index (κ3) is 5.24. The molecule has 0 bridgehead atoms. The van der Waals surface area contributed by atoms with E-state index in [1.807, 2.05) is 24.3 Å². The zero-order chi connectivity index (χ0) is 14.9. The van der Waals surface area contributed by atoms with Crippen LogP contribution < -0.4 is 5.32 Å². The second-order valence-corrected chi connectivity index (χ2v) is 5.56. The molecular formula is C15H18N2O3S. The lowest BCUT2D eigenvalue weighted by atomic mass is 10.3. The summed E-state index contributed by atoms with van der Waals surface area (Å²) >= 11 is 1.71. The molecular weight excluding hydrogens is 288 g/mol. The predicted molar refractivity (Wildman–Crippen MR) is 85.1 cm³/mol. The monoisotopic (exact) mass is 306 g/mol. The molecule has 0 aliphatic heterocycles. The molecule has 2 rings (SSSR count). The Balaban J connectivity index is 1.74. The molecule has 0 saturated carbocycles. The molecule has 1 amide bonds. The normalized spacial score (nSPS) is 11.3. The van der Waals surface area contributed by atoms with Gasteiger partial charge >= 0.3 is 0 Å². The SMILES string of the molecule is O=C(/C=C/c1nc2ccccc2o1)NCCSCCCO. The molecule has 2 N–H and O–H groups in total. The topological polar surface area (TPSA) is 75.4 Å². The lowest BCUT2D eigenvalue weighted by Crippen LogP contribution is -2.23. The van der Waals surface area contributed by atoms with Crippen molar-refractivity contribution in [3.05, 3.63) is 36.2 Å². The van der Waals surface area contributed by atoms with Crippen LogP contribution in [0.3, 0.4) is 0 Å². The van der Waals surface area contributed by atoms with Crippen LogP contribution in [-0.2, 0) is 4.79 Å². The zero-order valence-corrected chi connectivity index (χ0v) is 12.4. The van der Waals surface area contributed by atoms with E-state index in [4.69, 9.17) is 9.52 Å². The molecule has 1 aromatic heterocycles. The number of hydrogen-bond donors (Lipinski definition) is 2. The number of fused-ring (bicyclic) bond motifs is 1. The molecule has 1 heterocycles. The molecule has 0 fully saturated rings. The fourth-order valence-electron chi connectivity index (χ4n) is 1.68. The average Bonchev–Trinajstić information content (AvgIpc) is 2.91. The van der Waals surface area contributed by atoms with Crippen molar-refractivity contribution in [3.63, 3.8) is 0 Å². The Morgan fingerprint density at radius 3 is 3.05 bits per heavy atom. The van der Waals surface area contributed by atoms with Gasteiger partial charge in [-0.2, -0.15) is 11.8 Å². The van der Waals surface area contributed by atoms with Crippen molar-refractivity contribution in [2.45, 2.75) is 6.42 Å². The van der Waals surface area contributed by atoms with Crippen molar-refractivity contribution in [2.75, 3.05) is 24.7 Å².